The summed E-state index contributed by atoms with van der Waals surface area (Å²) in [6.07, 6.45) is 7.77. The molecule has 0 radical (unpaired) electrons. The summed E-state index contributed by atoms with van der Waals surface area (Å²) in [4.78, 5) is 0. The average molecular weight is 489 g/mol. The van der Waals surface area contributed by atoms with Crippen molar-refractivity contribution in [3.8, 4) is 23.8 Å². The Hall–Kier alpha value is -1.78. The van der Waals surface area contributed by atoms with Gasteiger partial charge in [-0.25, -0.2) is 0 Å². The smallest absolute Gasteiger partial charge is 0.192 e. The van der Waals surface area contributed by atoms with E-state index in [0.29, 0.717) is 23.0 Å². The van der Waals surface area contributed by atoms with Crippen molar-refractivity contribution in [2.24, 2.45) is 11.8 Å². The van der Waals surface area contributed by atoms with Crippen LogP contribution in [0.3, 0.4) is 0 Å². The maximum Gasteiger partial charge on any atom is 0.192 e. The minimum atomic E-state index is -1.90. The summed E-state index contributed by atoms with van der Waals surface area (Å²) in [6.45, 7) is 20.5. The van der Waals surface area contributed by atoms with Crippen molar-refractivity contribution in [2.75, 3.05) is 27.8 Å². The Balaban J connectivity index is 2.52. The van der Waals surface area contributed by atoms with Gasteiger partial charge >= 0.3 is 0 Å². The van der Waals surface area contributed by atoms with Crippen LogP contribution in [0.5, 0.6) is 11.5 Å². The van der Waals surface area contributed by atoms with E-state index in [1.54, 1.807) is 14.2 Å². The zero-order chi connectivity index (χ0) is 25.7. The first kappa shape index (κ1) is 28.5. The van der Waals surface area contributed by atoms with Gasteiger partial charge in [-0.15, -0.1) is 6.42 Å². The van der Waals surface area contributed by atoms with Crippen molar-refractivity contribution < 1.29 is 23.4 Å². The standard InChI is InChI=1S/C28H44O5Si/c1-12-21-14-25(31-17-29-8)27(26(15-21)32-18-30-9)23-13-20(4)24(16-22(23)19(2)3)33-34(10,11)28(5,6)7/h1,14-15,20,22-24H,2,13,16-18H2,3-11H3/t20-,22-,23+,24-/m1/s1. The molecule has 0 aliphatic heterocycles. The first-order chi connectivity index (χ1) is 15.9. The van der Waals surface area contributed by atoms with Crippen molar-refractivity contribution in [1.82, 2.24) is 0 Å². The van der Waals surface area contributed by atoms with Crippen LogP contribution in [-0.4, -0.2) is 42.2 Å². The van der Waals surface area contributed by atoms with Crippen LogP contribution in [0, 0.1) is 24.2 Å². The number of ether oxygens (including phenoxy) is 4. The summed E-state index contributed by atoms with van der Waals surface area (Å²) in [5.74, 6) is 4.82. The normalized spacial score (nSPS) is 23.3. The lowest BCUT2D eigenvalue weighted by molar-refractivity contribution is 0.0374. The summed E-state index contributed by atoms with van der Waals surface area (Å²) in [6, 6.07) is 3.79. The second-order valence-corrected chi connectivity index (χ2v) is 15.8. The molecule has 1 aliphatic rings. The molecular weight excluding hydrogens is 444 g/mol. The molecule has 0 unspecified atom stereocenters. The van der Waals surface area contributed by atoms with E-state index in [1.165, 1.54) is 0 Å². The van der Waals surface area contributed by atoms with E-state index >= 15 is 0 Å². The van der Waals surface area contributed by atoms with Crippen LogP contribution >= 0.6 is 0 Å². The summed E-state index contributed by atoms with van der Waals surface area (Å²) in [7, 11) is 1.31. The molecule has 1 fully saturated rings. The van der Waals surface area contributed by atoms with E-state index in [1.807, 2.05) is 12.1 Å². The van der Waals surface area contributed by atoms with Crippen molar-refractivity contribution in [3.63, 3.8) is 0 Å². The number of terminal acetylenes is 1. The van der Waals surface area contributed by atoms with Gasteiger partial charge in [0.15, 0.2) is 21.9 Å². The maximum absolute atomic E-state index is 6.92. The van der Waals surface area contributed by atoms with Crippen molar-refractivity contribution in [1.29, 1.82) is 0 Å². The number of hydrogen-bond donors (Lipinski definition) is 0. The summed E-state index contributed by atoms with van der Waals surface area (Å²) >= 11 is 0. The molecule has 0 saturated heterocycles. The number of rotatable bonds is 10. The van der Waals surface area contributed by atoms with Gasteiger partial charge in [0.2, 0.25) is 0 Å². The highest BCUT2D eigenvalue weighted by atomic mass is 28.4. The van der Waals surface area contributed by atoms with E-state index in [0.717, 1.165) is 24.0 Å². The molecule has 1 aromatic rings. The van der Waals surface area contributed by atoms with Gasteiger partial charge in [0, 0.05) is 31.5 Å². The largest absolute Gasteiger partial charge is 0.467 e. The van der Waals surface area contributed by atoms with Crippen LogP contribution in [0.2, 0.25) is 18.1 Å². The molecule has 190 valence electrons. The van der Waals surface area contributed by atoms with Crippen LogP contribution < -0.4 is 9.47 Å². The van der Waals surface area contributed by atoms with Gasteiger partial charge in [-0.1, -0.05) is 45.8 Å². The molecule has 1 aromatic carbocycles. The van der Waals surface area contributed by atoms with Crippen molar-refractivity contribution in [3.05, 3.63) is 35.4 Å². The fraction of sp³-hybridized carbons (Fsp3) is 0.643. The highest BCUT2D eigenvalue weighted by molar-refractivity contribution is 6.74. The molecule has 0 heterocycles. The van der Waals surface area contributed by atoms with Gasteiger partial charge in [0.05, 0.1) is 0 Å². The van der Waals surface area contributed by atoms with Crippen LogP contribution in [0.4, 0.5) is 0 Å². The van der Waals surface area contributed by atoms with Crippen LogP contribution in [0.15, 0.2) is 24.3 Å². The molecule has 4 atom stereocenters. The van der Waals surface area contributed by atoms with Gasteiger partial charge in [-0.3, -0.25) is 0 Å². The fourth-order valence-corrected chi connectivity index (χ4v) is 5.92. The minimum absolute atomic E-state index is 0.127. The molecule has 0 N–H and O–H groups in total. The second kappa shape index (κ2) is 11.8. The molecule has 0 spiro atoms. The van der Waals surface area contributed by atoms with E-state index < -0.39 is 8.32 Å². The van der Waals surface area contributed by atoms with Crippen LogP contribution in [-0.2, 0) is 13.9 Å². The van der Waals surface area contributed by atoms with Gasteiger partial charge in [0.25, 0.3) is 0 Å². The first-order valence-electron chi connectivity index (χ1n) is 12.1. The van der Waals surface area contributed by atoms with E-state index in [9.17, 15) is 0 Å². The number of hydrogen-bond acceptors (Lipinski definition) is 5. The second-order valence-electron chi connectivity index (χ2n) is 11.1. The van der Waals surface area contributed by atoms with Crippen molar-refractivity contribution >= 4 is 8.32 Å². The Kier molecular flexibility index (Phi) is 9.85. The summed E-state index contributed by atoms with van der Waals surface area (Å²) in [5.41, 5.74) is 2.83. The Labute approximate surface area is 208 Å². The highest BCUT2D eigenvalue weighted by Gasteiger charge is 2.45. The van der Waals surface area contributed by atoms with Gasteiger partial charge in [-0.05, 0) is 67.8 Å². The number of allylic oxidation sites excluding steroid dienone is 1. The SMILES string of the molecule is C#Cc1cc(OCOC)c([C@H]2C[C@@H](C)[C@H](O[Si](C)(C)C(C)(C)C)C[C@@H]2C(=C)C)c(OCOC)c1. The fourth-order valence-electron chi connectivity index (χ4n) is 4.48. The average Bonchev–Trinajstić information content (AvgIpc) is 2.75. The Morgan fingerprint density at radius 3 is 2.03 bits per heavy atom. The predicted octanol–water partition coefficient (Wildman–Crippen LogP) is 6.73. The van der Waals surface area contributed by atoms with Crippen LogP contribution in [0.1, 0.15) is 64.5 Å². The van der Waals surface area contributed by atoms with E-state index in [-0.39, 0.29) is 36.6 Å². The topological polar surface area (TPSA) is 46.2 Å². The van der Waals surface area contributed by atoms with E-state index in [4.69, 9.17) is 29.8 Å². The van der Waals surface area contributed by atoms with Gasteiger partial charge in [0.1, 0.15) is 11.5 Å². The number of benzene rings is 1. The Morgan fingerprint density at radius 1 is 1.09 bits per heavy atom. The molecule has 0 aromatic heterocycles. The predicted molar refractivity (Wildman–Crippen MR) is 141 cm³/mol. The lowest BCUT2D eigenvalue weighted by Gasteiger charge is -2.46. The third-order valence-corrected chi connectivity index (χ3v) is 11.9. The minimum Gasteiger partial charge on any atom is -0.467 e. The Bertz CT molecular complexity index is 851. The monoisotopic (exact) mass is 488 g/mol. The molecule has 1 aliphatic carbocycles. The van der Waals surface area contributed by atoms with Crippen LogP contribution in [0.25, 0.3) is 0 Å². The third-order valence-electron chi connectivity index (χ3n) is 7.42. The maximum atomic E-state index is 6.92. The van der Waals surface area contributed by atoms with E-state index in [2.05, 4.69) is 60.2 Å². The van der Waals surface area contributed by atoms with Gasteiger partial charge < -0.3 is 23.4 Å². The molecule has 0 amide bonds. The lowest BCUT2D eigenvalue weighted by atomic mass is 9.67. The zero-order valence-corrected chi connectivity index (χ0v) is 23.6. The van der Waals surface area contributed by atoms with Gasteiger partial charge in [-0.2, -0.15) is 0 Å². The first-order valence-corrected chi connectivity index (χ1v) is 15.0. The number of methoxy groups -OCH3 is 2. The molecule has 2 rings (SSSR count). The molecule has 1 saturated carbocycles. The molecule has 0 bridgehead atoms. The summed E-state index contributed by atoms with van der Waals surface area (Å²) in [5, 5.41) is 0.162. The molecule has 6 heteroatoms. The van der Waals surface area contributed by atoms with Crippen molar-refractivity contribution in [2.45, 2.75) is 77.6 Å². The lowest BCUT2D eigenvalue weighted by Crippen LogP contribution is -2.48. The molecular formula is C28H44O5Si. The quantitative estimate of drug-likeness (QED) is 0.158. The summed E-state index contributed by atoms with van der Waals surface area (Å²) < 4.78 is 29.4. The molecule has 34 heavy (non-hydrogen) atoms. The third kappa shape index (κ3) is 6.66. The highest BCUT2D eigenvalue weighted by Crippen LogP contribution is 2.51. The molecule has 5 nitrogen and oxygen atoms in total. The zero-order valence-electron chi connectivity index (χ0n) is 22.6. The Morgan fingerprint density at radius 2 is 1.62 bits per heavy atom.